The number of ether oxygens (including phenoxy) is 1. The van der Waals surface area contributed by atoms with Crippen molar-refractivity contribution in [3.8, 4) is 17.6 Å². The minimum atomic E-state index is -0.102. The van der Waals surface area contributed by atoms with Crippen molar-refractivity contribution in [2.75, 3.05) is 7.11 Å². The van der Waals surface area contributed by atoms with E-state index >= 15 is 0 Å². The van der Waals surface area contributed by atoms with Crippen molar-refractivity contribution in [1.29, 1.82) is 0 Å². The molecule has 1 atom stereocenters. The zero-order valence-electron chi connectivity index (χ0n) is 13.2. The second kappa shape index (κ2) is 6.89. The molecule has 0 amide bonds. The summed E-state index contributed by atoms with van der Waals surface area (Å²) in [5, 5.41) is 0. The maximum Gasteiger partial charge on any atom is 0.123 e. The van der Waals surface area contributed by atoms with Crippen LogP contribution in [0.1, 0.15) is 28.6 Å². The van der Waals surface area contributed by atoms with E-state index in [1.54, 1.807) is 7.11 Å². The van der Waals surface area contributed by atoms with Crippen LogP contribution in [0.25, 0.3) is 0 Å². The van der Waals surface area contributed by atoms with Crippen molar-refractivity contribution in [2.45, 2.75) is 12.8 Å². The van der Waals surface area contributed by atoms with Crippen LogP contribution >= 0.6 is 0 Å². The Kier molecular flexibility index (Phi) is 4.49. The van der Waals surface area contributed by atoms with Gasteiger partial charge in [-0.2, -0.15) is 0 Å². The van der Waals surface area contributed by atoms with Gasteiger partial charge in [0.2, 0.25) is 0 Å². The molecular formula is C21H18O2. The Labute approximate surface area is 136 Å². The van der Waals surface area contributed by atoms with Crippen molar-refractivity contribution in [1.82, 2.24) is 0 Å². The number of methoxy groups -OCH3 is 1. The van der Waals surface area contributed by atoms with E-state index in [4.69, 9.17) is 9.15 Å². The number of hydrogen-bond donors (Lipinski definition) is 0. The molecule has 0 bridgehead atoms. The molecule has 0 spiro atoms. The van der Waals surface area contributed by atoms with E-state index in [1.807, 2.05) is 73.7 Å². The lowest BCUT2D eigenvalue weighted by Gasteiger charge is -2.09. The Bertz CT molecular complexity index is 818. The quantitative estimate of drug-likeness (QED) is 0.650. The maximum atomic E-state index is 5.81. The Morgan fingerprint density at radius 2 is 1.65 bits per heavy atom. The van der Waals surface area contributed by atoms with E-state index in [9.17, 15) is 0 Å². The molecule has 0 radical (unpaired) electrons. The molecule has 3 rings (SSSR count). The molecule has 23 heavy (non-hydrogen) atoms. The summed E-state index contributed by atoms with van der Waals surface area (Å²) in [7, 11) is 1.66. The van der Waals surface area contributed by atoms with Crippen molar-refractivity contribution in [3.05, 3.63) is 89.4 Å². The van der Waals surface area contributed by atoms with Crippen LogP contribution in [0.2, 0.25) is 0 Å². The summed E-state index contributed by atoms with van der Waals surface area (Å²) in [6.45, 7) is 1.94. The van der Waals surface area contributed by atoms with Gasteiger partial charge in [-0.1, -0.05) is 42.2 Å². The summed E-state index contributed by atoms with van der Waals surface area (Å²) >= 11 is 0. The second-order valence-electron chi connectivity index (χ2n) is 5.29. The molecule has 0 saturated carbocycles. The van der Waals surface area contributed by atoms with Gasteiger partial charge in [0.1, 0.15) is 23.2 Å². The van der Waals surface area contributed by atoms with Gasteiger partial charge in [-0.25, -0.2) is 0 Å². The fourth-order valence-corrected chi connectivity index (χ4v) is 2.40. The van der Waals surface area contributed by atoms with E-state index in [1.165, 1.54) is 0 Å². The number of furan rings is 1. The van der Waals surface area contributed by atoms with Gasteiger partial charge < -0.3 is 9.15 Å². The molecular weight excluding hydrogens is 284 g/mol. The fourth-order valence-electron chi connectivity index (χ4n) is 2.40. The predicted molar refractivity (Wildman–Crippen MR) is 91.6 cm³/mol. The molecule has 114 valence electrons. The van der Waals surface area contributed by atoms with Crippen LogP contribution < -0.4 is 4.74 Å². The predicted octanol–water partition coefficient (Wildman–Crippen LogP) is 4.78. The highest BCUT2D eigenvalue weighted by Gasteiger charge is 2.15. The van der Waals surface area contributed by atoms with E-state index in [-0.39, 0.29) is 5.92 Å². The van der Waals surface area contributed by atoms with Crippen molar-refractivity contribution < 1.29 is 9.15 Å². The molecule has 2 heteroatoms. The summed E-state index contributed by atoms with van der Waals surface area (Å²) in [5.41, 5.74) is 2.08. The van der Waals surface area contributed by atoms with E-state index < -0.39 is 0 Å². The number of hydrogen-bond acceptors (Lipinski definition) is 2. The molecule has 1 heterocycles. The summed E-state index contributed by atoms with van der Waals surface area (Å²) < 4.78 is 11.0. The molecule has 0 aliphatic rings. The minimum Gasteiger partial charge on any atom is -0.497 e. The maximum absolute atomic E-state index is 5.81. The van der Waals surface area contributed by atoms with Gasteiger partial charge in [-0.3, -0.25) is 0 Å². The van der Waals surface area contributed by atoms with E-state index in [0.29, 0.717) is 0 Å². The number of aryl methyl sites for hydroxylation is 1. The van der Waals surface area contributed by atoms with Crippen LogP contribution in [-0.4, -0.2) is 7.11 Å². The van der Waals surface area contributed by atoms with Gasteiger partial charge in [0.15, 0.2) is 0 Å². The Morgan fingerprint density at radius 3 is 2.26 bits per heavy atom. The lowest BCUT2D eigenvalue weighted by Crippen LogP contribution is -1.97. The van der Waals surface area contributed by atoms with Crippen molar-refractivity contribution in [3.63, 3.8) is 0 Å². The lowest BCUT2D eigenvalue weighted by atomic mass is 9.96. The summed E-state index contributed by atoms with van der Waals surface area (Å²) in [6, 6.07) is 21.9. The van der Waals surface area contributed by atoms with Crippen LogP contribution in [0.4, 0.5) is 0 Å². The molecule has 0 aliphatic heterocycles. The third kappa shape index (κ3) is 3.64. The van der Waals surface area contributed by atoms with Crippen LogP contribution in [0.15, 0.2) is 71.1 Å². The monoisotopic (exact) mass is 302 g/mol. The third-order valence-corrected chi connectivity index (χ3v) is 3.63. The number of rotatable bonds is 3. The van der Waals surface area contributed by atoms with Gasteiger partial charge in [-0.05, 0) is 48.9 Å². The summed E-state index contributed by atoms with van der Waals surface area (Å²) in [6.07, 6.45) is 0. The van der Waals surface area contributed by atoms with Crippen LogP contribution in [0.5, 0.6) is 5.75 Å². The first kappa shape index (κ1) is 15.0. The highest BCUT2D eigenvalue weighted by atomic mass is 16.5. The highest BCUT2D eigenvalue weighted by Crippen LogP contribution is 2.27. The van der Waals surface area contributed by atoms with E-state index in [0.717, 1.165) is 28.4 Å². The Morgan fingerprint density at radius 1 is 0.913 bits per heavy atom. The molecule has 3 aromatic rings. The first-order valence-corrected chi connectivity index (χ1v) is 7.53. The van der Waals surface area contributed by atoms with E-state index in [2.05, 4.69) is 11.8 Å². The molecule has 2 aromatic carbocycles. The summed E-state index contributed by atoms with van der Waals surface area (Å²) in [4.78, 5) is 0. The smallest absolute Gasteiger partial charge is 0.123 e. The van der Waals surface area contributed by atoms with Crippen LogP contribution in [0, 0.1) is 18.8 Å². The average Bonchev–Trinajstić information content (AvgIpc) is 3.03. The molecule has 0 saturated heterocycles. The first-order valence-electron chi connectivity index (χ1n) is 7.53. The molecule has 1 aromatic heterocycles. The van der Waals surface area contributed by atoms with Crippen LogP contribution in [-0.2, 0) is 0 Å². The topological polar surface area (TPSA) is 22.4 Å². The van der Waals surface area contributed by atoms with Gasteiger partial charge in [0, 0.05) is 5.56 Å². The lowest BCUT2D eigenvalue weighted by molar-refractivity contribution is 0.414. The van der Waals surface area contributed by atoms with Gasteiger partial charge in [0.05, 0.1) is 7.11 Å². The molecule has 2 nitrogen and oxygen atoms in total. The summed E-state index contributed by atoms with van der Waals surface area (Å²) in [5.74, 6) is 9.05. The zero-order valence-corrected chi connectivity index (χ0v) is 13.2. The van der Waals surface area contributed by atoms with Crippen molar-refractivity contribution >= 4 is 0 Å². The Hall–Kier alpha value is -2.92. The number of benzene rings is 2. The minimum absolute atomic E-state index is 0.102. The van der Waals surface area contributed by atoms with Gasteiger partial charge in [0.25, 0.3) is 0 Å². The Balaban J connectivity index is 1.98. The normalized spacial score (nSPS) is 11.4. The highest BCUT2D eigenvalue weighted by molar-refractivity contribution is 5.43. The van der Waals surface area contributed by atoms with Crippen LogP contribution in [0.3, 0.4) is 0 Å². The largest absolute Gasteiger partial charge is 0.497 e. The SMILES string of the molecule is COc1ccc(C(C#Cc2ccccc2)c2ccc(C)o2)cc1. The van der Waals surface area contributed by atoms with Gasteiger partial charge >= 0.3 is 0 Å². The third-order valence-electron chi connectivity index (χ3n) is 3.63. The van der Waals surface area contributed by atoms with Crippen molar-refractivity contribution in [2.24, 2.45) is 0 Å². The standard InChI is InChI=1S/C21H18O2/c1-16-8-15-21(23-16)20(14-9-17-6-4-3-5-7-17)18-10-12-19(22-2)13-11-18/h3-8,10-13,15,20H,1-2H3. The molecule has 1 unspecified atom stereocenters. The average molecular weight is 302 g/mol. The molecule has 0 N–H and O–H groups in total. The molecule has 0 aliphatic carbocycles. The first-order chi connectivity index (χ1) is 11.3. The van der Waals surface area contributed by atoms with Gasteiger partial charge in [-0.15, -0.1) is 0 Å². The molecule has 0 fully saturated rings. The fraction of sp³-hybridized carbons (Fsp3) is 0.143. The zero-order chi connectivity index (χ0) is 16.1. The second-order valence-corrected chi connectivity index (χ2v) is 5.29.